The highest BCUT2D eigenvalue weighted by Gasteiger charge is 2.25. The predicted molar refractivity (Wildman–Crippen MR) is 124 cm³/mol. The Morgan fingerprint density at radius 2 is 1.65 bits per heavy atom. The Morgan fingerprint density at radius 1 is 0.871 bits per heavy atom. The minimum Gasteiger partial charge on any atom is -0.462 e. The van der Waals surface area contributed by atoms with E-state index in [4.69, 9.17) is 9.72 Å². The summed E-state index contributed by atoms with van der Waals surface area (Å²) in [5.41, 5.74) is 4.42. The van der Waals surface area contributed by atoms with Crippen LogP contribution in [-0.2, 0) is 4.74 Å². The fourth-order valence-electron chi connectivity index (χ4n) is 4.04. The molecule has 0 aliphatic carbocycles. The van der Waals surface area contributed by atoms with Gasteiger partial charge in [0.05, 0.1) is 23.4 Å². The van der Waals surface area contributed by atoms with Crippen molar-refractivity contribution >= 4 is 27.6 Å². The van der Waals surface area contributed by atoms with Crippen LogP contribution in [0.25, 0.3) is 44.1 Å². The number of rotatable bonds is 4. The third-order valence-electron chi connectivity index (χ3n) is 5.35. The van der Waals surface area contributed by atoms with E-state index in [1.54, 1.807) is 12.4 Å². The van der Waals surface area contributed by atoms with Gasteiger partial charge in [-0.1, -0.05) is 66.7 Å². The van der Waals surface area contributed by atoms with Crippen LogP contribution in [0, 0.1) is 0 Å². The van der Waals surface area contributed by atoms with E-state index in [2.05, 4.69) is 23.2 Å². The summed E-state index contributed by atoms with van der Waals surface area (Å²) in [6, 6.07) is 25.8. The highest BCUT2D eigenvalue weighted by molar-refractivity contribution is 6.19. The average Bonchev–Trinajstić information content (AvgIpc) is 2.84. The van der Waals surface area contributed by atoms with Gasteiger partial charge in [0.2, 0.25) is 0 Å². The van der Waals surface area contributed by atoms with E-state index in [-0.39, 0.29) is 12.6 Å². The molecule has 0 N–H and O–H groups in total. The van der Waals surface area contributed by atoms with Crippen molar-refractivity contribution in [3.8, 4) is 22.4 Å². The first-order chi connectivity index (χ1) is 15.3. The molecule has 0 saturated heterocycles. The first kappa shape index (κ1) is 18.9. The van der Waals surface area contributed by atoms with Gasteiger partial charge in [0, 0.05) is 34.5 Å². The van der Waals surface area contributed by atoms with Crippen LogP contribution < -0.4 is 0 Å². The molecule has 150 valence electrons. The molecule has 2 heterocycles. The first-order valence-corrected chi connectivity index (χ1v) is 10.3. The molecule has 31 heavy (non-hydrogen) atoms. The lowest BCUT2D eigenvalue weighted by Gasteiger charge is -2.18. The molecule has 2 aromatic heterocycles. The second-order valence-electron chi connectivity index (χ2n) is 7.22. The summed E-state index contributed by atoms with van der Waals surface area (Å²) in [6.45, 7) is 2.10. The highest BCUT2D eigenvalue weighted by atomic mass is 16.5. The van der Waals surface area contributed by atoms with E-state index in [1.807, 2.05) is 67.6 Å². The van der Waals surface area contributed by atoms with Crippen molar-refractivity contribution < 1.29 is 9.53 Å². The van der Waals surface area contributed by atoms with Gasteiger partial charge in [-0.05, 0) is 29.8 Å². The zero-order valence-electron chi connectivity index (χ0n) is 17.1. The molecule has 0 atom stereocenters. The monoisotopic (exact) mass is 404 g/mol. The van der Waals surface area contributed by atoms with Crippen LogP contribution in [0.2, 0.25) is 0 Å². The number of esters is 1. The van der Waals surface area contributed by atoms with Gasteiger partial charge in [-0.15, -0.1) is 0 Å². The van der Waals surface area contributed by atoms with Crippen LogP contribution >= 0.6 is 0 Å². The molecule has 3 aromatic carbocycles. The van der Waals surface area contributed by atoms with Crippen molar-refractivity contribution in [2.45, 2.75) is 6.92 Å². The Kier molecular flexibility index (Phi) is 4.89. The zero-order valence-corrected chi connectivity index (χ0v) is 17.1. The lowest BCUT2D eigenvalue weighted by Crippen LogP contribution is -2.11. The maximum atomic E-state index is 13.3. The zero-order chi connectivity index (χ0) is 21.2. The molecular weight excluding hydrogens is 384 g/mol. The van der Waals surface area contributed by atoms with Crippen molar-refractivity contribution in [3.63, 3.8) is 0 Å². The minimum atomic E-state index is -0.387. The Labute approximate surface area is 180 Å². The van der Waals surface area contributed by atoms with Gasteiger partial charge in [-0.2, -0.15) is 0 Å². The van der Waals surface area contributed by atoms with Crippen LogP contribution in [-0.4, -0.2) is 22.5 Å². The summed E-state index contributed by atoms with van der Waals surface area (Å²) in [5, 5.41) is 3.05. The summed E-state index contributed by atoms with van der Waals surface area (Å²) in [7, 11) is 0. The maximum absolute atomic E-state index is 13.3. The topological polar surface area (TPSA) is 52.1 Å². The lowest BCUT2D eigenvalue weighted by atomic mass is 9.90. The number of nitrogens with zero attached hydrogens (tertiary/aromatic N) is 2. The number of carbonyl (C=O) groups is 1. The second-order valence-corrected chi connectivity index (χ2v) is 7.22. The Balaban J connectivity index is 2.01. The standard InChI is InChI=1S/C27H20N2O2/c1-2-31-27(30)25-23(20-12-8-16-28-17-20)24-21-13-7-6-9-18(21)14-15-22(24)29-26(25)19-10-4-3-5-11-19/h3-17H,2H2,1H3. The molecule has 4 nitrogen and oxygen atoms in total. The molecule has 0 aliphatic rings. The van der Waals surface area contributed by atoms with Crippen molar-refractivity contribution in [1.82, 2.24) is 9.97 Å². The molecule has 0 unspecified atom stereocenters. The van der Waals surface area contributed by atoms with Crippen molar-refractivity contribution in [1.29, 1.82) is 0 Å². The number of carbonyl (C=O) groups excluding carboxylic acids is 1. The average molecular weight is 404 g/mol. The summed E-state index contributed by atoms with van der Waals surface area (Å²) in [6.07, 6.45) is 3.52. The fourth-order valence-corrected chi connectivity index (χ4v) is 4.04. The van der Waals surface area contributed by atoms with Gasteiger partial charge in [-0.3, -0.25) is 4.98 Å². The number of hydrogen-bond donors (Lipinski definition) is 0. The fraction of sp³-hybridized carbons (Fsp3) is 0.0741. The van der Waals surface area contributed by atoms with E-state index >= 15 is 0 Å². The van der Waals surface area contributed by atoms with Crippen LogP contribution in [0.5, 0.6) is 0 Å². The third kappa shape index (κ3) is 3.32. The molecule has 0 fully saturated rings. The third-order valence-corrected chi connectivity index (χ3v) is 5.35. The molecule has 5 rings (SSSR count). The number of hydrogen-bond acceptors (Lipinski definition) is 4. The smallest absolute Gasteiger partial charge is 0.341 e. The number of ether oxygens (including phenoxy) is 1. The number of aromatic nitrogens is 2. The molecule has 0 saturated carbocycles. The van der Waals surface area contributed by atoms with E-state index in [0.29, 0.717) is 11.3 Å². The molecular formula is C27H20N2O2. The molecule has 5 aromatic rings. The lowest BCUT2D eigenvalue weighted by molar-refractivity contribution is 0.0528. The maximum Gasteiger partial charge on any atom is 0.341 e. The normalized spacial score (nSPS) is 11.0. The summed E-state index contributed by atoms with van der Waals surface area (Å²) < 4.78 is 5.51. The Bertz CT molecular complexity index is 1400. The largest absolute Gasteiger partial charge is 0.462 e. The SMILES string of the molecule is CCOC(=O)c1c(-c2ccccc2)nc2ccc3ccccc3c2c1-c1cccnc1. The Morgan fingerprint density at radius 3 is 2.42 bits per heavy atom. The number of fused-ring (bicyclic) bond motifs is 3. The summed E-state index contributed by atoms with van der Waals surface area (Å²) in [4.78, 5) is 22.6. The molecule has 4 heteroatoms. The van der Waals surface area contributed by atoms with Crippen LogP contribution in [0.3, 0.4) is 0 Å². The van der Waals surface area contributed by atoms with Crippen molar-refractivity contribution in [2.75, 3.05) is 6.61 Å². The summed E-state index contributed by atoms with van der Waals surface area (Å²) in [5.74, 6) is -0.387. The van der Waals surface area contributed by atoms with E-state index < -0.39 is 0 Å². The predicted octanol–water partition coefficient (Wildman–Crippen LogP) is 6.29. The van der Waals surface area contributed by atoms with Gasteiger partial charge >= 0.3 is 5.97 Å². The molecule has 0 bridgehead atoms. The summed E-state index contributed by atoms with van der Waals surface area (Å²) >= 11 is 0. The van der Waals surface area contributed by atoms with E-state index in [9.17, 15) is 4.79 Å². The van der Waals surface area contributed by atoms with E-state index in [1.165, 1.54) is 0 Å². The van der Waals surface area contributed by atoms with Crippen LogP contribution in [0.4, 0.5) is 0 Å². The van der Waals surface area contributed by atoms with Gasteiger partial charge in [0.15, 0.2) is 0 Å². The molecule has 0 spiro atoms. The van der Waals surface area contributed by atoms with Gasteiger partial charge in [-0.25, -0.2) is 9.78 Å². The minimum absolute atomic E-state index is 0.285. The molecule has 0 radical (unpaired) electrons. The highest BCUT2D eigenvalue weighted by Crippen LogP contribution is 2.40. The van der Waals surface area contributed by atoms with Crippen molar-refractivity contribution in [2.24, 2.45) is 0 Å². The van der Waals surface area contributed by atoms with E-state index in [0.717, 1.165) is 38.4 Å². The van der Waals surface area contributed by atoms with Crippen molar-refractivity contribution in [3.05, 3.63) is 96.8 Å². The Hall–Kier alpha value is -4.05. The number of pyridine rings is 2. The van der Waals surface area contributed by atoms with Crippen LogP contribution in [0.15, 0.2) is 91.3 Å². The quantitative estimate of drug-likeness (QED) is 0.261. The van der Waals surface area contributed by atoms with Gasteiger partial charge in [0.25, 0.3) is 0 Å². The van der Waals surface area contributed by atoms with Gasteiger partial charge < -0.3 is 4.74 Å². The number of benzene rings is 3. The van der Waals surface area contributed by atoms with Crippen LogP contribution in [0.1, 0.15) is 17.3 Å². The second kappa shape index (κ2) is 8.00. The first-order valence-electron chi connectivity index (χ1n) is 10.3. The molecule has 0 aliphatic heterocycles. The van der Waals surface area contributed by atoms with Gasteiger partial charge in [0.1, 0.15) is 0 Å². The molecule has 0 amide bonds.